The van der Waals surface area contributed by atoms with Crippen LogP contribution in [0.15, 0.2) is 24.0 Å². The number of methoxy groups -OCH3 is 1. The van der Waals surface area contributed by atoms with Crippen molar-refractivity contribution in [1.82, 2.24) is 0 Å². The van der Waals surface area contributed by atoms with E-state index in [1.54, 1.807) is 13.2 Å². The second kappa shape index (κ2) is 6.72. The van der Waals surface area contributed by atoms with Crippen LogP contribution in [0, 0.1) is 5.92 Å². The first-order valence-electron chi connectivity index (χ1n) is 4.71. The van der Waals surface area contributed by atoms with Gasteiger partial charge in [-0.05, 0) is 18.4 Å². The van der Waals surface area contributed by atoms with Gasteiger partial charge in [-0.15, -0.1) is 0 Å². The van der Waals surface area contributed by atoms with E-state index in [-0.39, 0.29) is 0 Å². The molecule has 0 unspecified atom stereocenters. The molecule has 76 valence electrons. The molecule has 1 rings (SSSR count). The van der Waals surface area contributed by atoms with Crippen molar-refractivity contribution < 1.29 is 4.74 Å². The van der Waals surface area contributed by atoms with E-state index in [0.29, 0.717) is 6.54 Å². The molecule has 1 aliphatic rings. The predicted molar refractivity (Wildman–Crippen MR) is 57.4 cm³/mol. The number of rotatable bonds is 3. The summed E-state index contributed by atoms with van der Waals surface area (Å²) in [6.07, 6.45) is 4.70. The van der Waals surface area contributed by atoms with Crippen molar-refractivity contribution >= 4 is 0 Å². The molecule has 2 heteroatoms. The Morgan fingerprint density at radius 3 is 2.15 bits per heavy atom. The minimum atomic E-state index is 0.439. The van der Waals surface area contributed by atoms with Gasteiger partial charge in [-0.25, -0.2) is 0 Å². The van der Waals surface area contributed by atoms with E-state index in [4.69, 9.17) is 10.5 Å². The molecule has 0 radical (unpaired) electrons. The fourth-order valence-corrected chi connectivity index (χ4v) is 0.686. The van der Waals surface area contributed by atoms with Gasteiger partial charge in [0.05, 0.1) is 13.7 Å². The Morgan fingerprint density at radius 2 is 2.08 bits per heavy atom. The summed E-state index contributed by atoms with van der Waals surface area (Å²) < 4.78 is 4.94. The van der Waals surface area contributed by atoms with E-state index in [1.807, 2.05) is 6.92 Å². The van der Waals surface area contributed by atoms with Crippen molar-refractivity contribution in [2.45, 2.75) is 26.7 Å². The standard InChI is InChI=1S/C7H13NO.C4H8/c1-4-6(2)7(5-8)9-3;1-4-2-3-4/h4H,1,5,8H2,2-3H3;4H,2-3H2,1H3/b7-6-;. The third kappa shape index (κ3) is 6.41. The molecular weight excluding hydrogens is 162 g/mol. The second-order valence-electron chi connectivity index (χ2n) is 3.40. The first-order valence-corrected chi connectivity index (χ1v) is 4.71. The first-order chi connectivity index (χ1) is 6.15. The van der Waals surface area contributed by atoms with Gasteiger partial charge in [0, 0.05) is 0 Å². The van der Waals surface area contributed by atoms with Crippen molar-refractivity contribution in [1.29, 1.82) is 0 Å². The van der Waals surface area contributed by atoms with Crippen LogP contribution >= 0.6 is 0 Å². The van der Waals surface area contributed by atoms with E-state index < -0.39 is 0 Å². The van der Waals surface area contributed by atoms with Gasteiger partial charge in [-0.1, -0.05) is 32.4 Å². The van der Waals surface area contributed by atoms with Crippen LogP contribution in [0.3, 0.4) is 0 Å². The summed E-state index contributed by atoms with van der Waals surface area (Å²) in [5, 5.41) is 0. The smallest absolute Gasteiger partial charge is 0.112 e. The molecule has 0 spiro atoms. The minimum Gasteiger partial charge on any atom is -0.499 e. The summed E-state index contributed by atoms with van der Waals surface area (Å²) in [5.41, 5.74) is 6.33. The molecule has 2 N–H and O–H groups in total. The highest BCUT2D eigenvalue weighted by atomic mass is 16.5. The van der Waals surface area contributed by atoms with Gasteiger partial charge in [0.2, 0.25) is 0 Å². The molecule has 0 atom stereocenters. The van der Waals surface area contributed by atoms with Crippen molar-refractivity contribution in [3.63, 3.8) is 0 Å². The molecule has 13 heavy (non-hydrogen) atoms. The highest BCUT2D eigenvalue weighted by Crippen LogP contribution is 2.26. The molecule has 0 aromatic carbocycles. The van der Waals surface area contributed by atoms with E-state index in [9.17, 15) is 0 Å². The molecule has 2 nitrogen and oxygen atoms in total. The Kier molecular flexibility index (Phi) is 6.33. The molecule has 0 saturated heterocycles. The fourth-order valence-electron chi connectivity index (χ4n) is 0.686. The number of hydrogen-bond acceptors (Lipinski definition) is 2. The Balaban J connectivity index is 0.000000293. The van der Waals surface area contributed by atoms with Crippen LogP contribution in [0.1, 0.15) is 26.7 Å². The summed E-state index contributed by atoms with van der Waals surface area (Å²) in [5.74, 6) is 1.88. The number of ether oxygens (including phenoxy) is 1. The molecular formula is C11H21NO. The minimum absolute atomic E-state index is 0.439. The Hall–Kier alpha value is -0.760. The maximum atomic E-state index is 5.33. The SMILES string of the molecule is C=C/C(C)=C(/CN)OC.CC1CC1. The molecule has 1 aliphatic carbocycles. The predicted octanol–water partition coefficient (Wildman–Crippen LogP) is 2.47. The maximum Gasteiger partial charge on any atom is 0.112 e. The molecule has 1 saturated carbocycles. The summed E-state index contributed by atoms with van der Waals surface area (Å²) >= 11 is 0. The monoisotopic (exact) mass is 183 g/mol. The average Bonchev–Trinajstić information content (AvgIpc) is 2.90. The molecule has 0 amide bonds. The average molecular weight is 183 g/mol. The number of allylic oxidation sites excluding steroid dienone is 2. The molecule has 0 heterocycles. The van der Waals surface area contributed by atoms with Gasteiger partial charge in [0.25, 0.3) is 0 Å². The van der Waals surface area contributed by atoms with E-state index in [2.05, 4.69) is 13.5 Å². The number of hydrogen-bond donors (Lipinski definition) is 1. The molecule has 0 aromatic heterocycles. The van der Waals surface area contributed by atoms with Crippen LogP contribution in [0.4, 0.5) is 0 Å². The maximum absolute atomic E-state index is 5.33. The van der Waals surface area contributed by atoms with Crippen LogP contribution in [0.25, 0.3) is 0 Å². The van der Waals surface area contributed by atoms with E-state index in [0.717, 1.165) is 17.3 Å². The molecule has 0 aromatic rings. The normalized spacial score (nSPS) is 16.6. The summed E-state index contributed by atoms with van der Waals surface area (Å²) in [6, 6.07) is 0. The quantitative estimate of drug-likeness (QED) is 0.539. The second-order valence-corrected chi connectivity index (χ2v) is 3.40. The lowest BCUT2D eigenvalue weighted by molar-refractivity contribution is 0.283. The van der Waals surface area contributed by atoms with Crippen LogP contribution < -0.4 is 5.73 Å². The lowest BCUT2D eigenvalue weighted by Gasteiger charge is -2.03. The highest BCUT2D eigenvalue weighted by Gasteiger charge is 2.12. The third-order valence-corrected chi connectivity index (χ3v) is 2.04. The van der Waals surface area contributed by atoms with Crippen LogP contribution in [0.5, 0.6) is 0 Å². The van der Waals surface area contributed by atoms with Crippen LogP contribution in [-0.2, 0) is 4.74 Å². The molecule has 1 fully saturated rings. The van der Waals surface area contributed by atoms with Crippen molar-refractivity contribution in [2.75, 3.05) is 13.7 Å². The van der Waals surface area contributed by atoms with Crippen molar-refractivity contribution in [2.24, 2.45) is 11.7 Å². The largest absolute Gasteiger partial charge is 0.499 e. The zero-order valence-electron chi connectivity index (χ0n) is 8.97. The Bertz CT molecular complexity index is 175. The summed E-state index contributed by atoms with van der Waals surface area (Å²) in [6.45, 7) is 8.22. The lowest BCUT2D eigenvalue weighted by Crippen LogP contribution is -2.06. The van der Waals surface area contributed by atoms with Gasteiger partial charge in [-0.3, -0.25) is 0 Å². The zero-order chi connectivity index (χ0) is 10.3. The van der Waals surface area contributed by atoms with Gasteiger partial charge < -0.3 is 10.5 Å². The lowest BCUT2D eigenvalue weighted by atomic mass is 10.2. The fraction of sp³-hybridized carbons (Fsp3) is 0.636. The Labute approximate surface area is 81.5 Å². The van der Waals surface area contributed by atoms with E-state index in [1.165, 1.54) is 12.8 Å². The van der Waals surface area contributed by atoms with Crippen molar-refractivity contribution in [3.8, 4) is 0 Å². The van der Waals surface area contributed by atoms with Crippen molar-refractivity contribution in [3.05, 3.63) is 24.0 Å². The molecule has 0 bridgehead atoms. The highest BCUT2D eigenvalue weighted by molar-refractivity contribution is 5.18. The van der Waals surface area contributed by atoms with Gasteiger partial charge in [0.1, 0.15) is 5.76 Å². The Morgan fingerprint density at radius 1 is 1.62 bits per heavy atom. The van der Waals surface area contributed by atoms with Gasteiger partial charge in [-0.2, -0.15) is 0 Å². The number of nitrogens with two attached hydrogens (primary N) is 1. The topological polar surface area (TPSA) is 35.2 Å². The third-order valence-electron chi connectivity index (χ3n) is 2.04. The molecule has 0 aliphatic heterocycles. The van der Waals surface area contributed by atoms with Crippen LogP contribution in [-0.4, -0.2) is 13.7 Å². The van der Waals surface area contributed by atoms with Gasteiger partial charge >= 0.3 is 0 Å². The van der Waals surface area contributed by atoms with Gasteiger partial charge in [0.15, 0.2) is 0 Å². The van der Waals surface area contributed by atoms with Crippen LogP contribution in [0.2, 0.25) is 0 Å². The summed E-state index contributed by atoms with van der Waals surface area (Å²) in [7, 11) is 1.61. The summed E-state index contributed by atoms with van der Waals surface area (Å²) in [4.78, 5) is 0. The van der Waals surface area contributed by atoms with E-state index >= 15 is 0 Å². The zero-order valence-corrected chi connectivity index (χ0v) is 8.97. The first kappa shape index (κ1) is 12.2.